The molecule has 0 heterocycles. The number of aliphatic hydroxyl groups is 1. The van der Waals surface area contributed by atoms with E-state index >= 15 is 0 Å². The van der Waals surface area contributed by atoms with Crippen LogP contribution < -0.4 is 5.32 Å². The zero-order chi connectivity index (χ0) is 13.9. The average Bonchev–Trinajstić information content (AvgIpc) is 2.87. The highest BCUT2D eigenvalue weighted by atomic mass is 16.6. The van der Waals surface area contributed by atoms with Crippen LogP contribution in [0.15, 0.2) is 18.2 Å². The molecule has 1 fully saturated rings. The van der Waals surface area contributed by atoms with Crippen molar-refractivity contribution in [3.63, 3.8) is 0 Å². The van der Waals surface area contributed by atoms with E-state index in [1.54, 1.807) is 13.0 Å². The summed E-state index contributed by atoms with van der Waals surface area (Å²) in [6.07, 6.45) is 4.33. The summed E-state index contributed by atoms with van der Waals surface area (Å²) in [4.78, 5) is 10.5. The van der Waals surface area contributed by atoms with Crippen LogP contribution in [0, 0.1) is 22.5 Å². The van der Waals surface area contributed by atoms with Gasteiger partial charge >= 0.3 is 0 Å². The number of nitro benzene ring substituents is 1. The first-order valence-corrected chi connectivity index (χ1v) is 6.67. The quantitative estimate of drug-likeness (QED) is 0.633. The first kappa shape index (κ1) is 13.8. The molecule has 5 nitrogen and oxygen atoms in total. The highest BCUT2D eigenvalue weighted by Crippen LogP contribution is 2.38. The Hall–Kier alpha value is -1.62. The number of hydrogen-bond donors (Lipinski definition) is 2. The summed E-state index contributed by atoms with van der Waals surface area (Å²) in [5, 5.41) is 23.7. The molecule has 0 aliphatic heterocycles. The van der Waals surface area contributed by atoms with Crippen molar-refractivity contribution in [3.8, 4) is 0 Å². The Labute approximate surface area is 112 Å². The summed E-state index contributed by atoms with van der Waals surface area (Å²) in [7, 11) is 0. The van der Waals surface area contributed by atoms with Crippen molar-refractivity contribution in [2.45, 2.75) is 32.6 Å². The molecule has 19 heavy (non-hydrogen) atoms. The fraction of sp³-hybridized carbons (Fsp3) is 0.571. The number of benzene rings is 1. The fourth-order valence-electron chi connectivity index (χ4n) is 2.81. The maximum Gasteiger partial charge on any atom is 0.274 e. The van der Waals surface area contributed by atoms with Gasteiger partial charge in [0.1, 0.15) is 0 Å². The molecule has 2 rings (SSSR count). The topological polar surface area (TPSA) is 75.4 Å². The molecule has 1 saturated carbocycles. The Morgan fingerprint density at radius 2 is 2.11 bits per heavy atom. The number of nitro groups is 1. The van der Waals surface area contributed by atoms with Gasteiger partial charge in [-0.25, -0.2) is 0 Å². The third-order valence-electron chi connectivity index (χ3n) is 4.16. The van der Waals surface area contributed by atoms with E-state index in [4.69, 9.17) is 0 Å². The van der Waals surface area contributed by atoms with Crippen LogP contribution in [0.2, 0.25) is 0 Å². The Morgan fingerprint density at radius 3 is 2.68 bits per heavy atom. The van der Waals surface area contributed by atoms with Crippen LogP contribution in [-0.2, 0) is 0 Å². The summed E-state index contributed by atoms with van der Waals surface area (Å²) in [6, 6.07) is 5.05. The van der Waals surface area contributed by atoms with Gasteiger partial charge in [-0.3, -0.25) is 10.1 Å². The predicted molar refractivity (Wildman–Crippen MR) is 74.3 cm³/mol. The monoisotopic (exact) mass is 264 g/mol. The highest BCUT2D eigenvalue weighted by Gasteiger charge is 2.33. The molecule has 1 aliphatic rings. The zero-order valence-electron chi connectivity index (χ0n) is 11.2. The summed E-state index contributed by atoms with van der Waals surface area (Å²) in [6.45, 7) is 2.60. The maximum atomic E-state index is 10.9. The van der Waals surface area contributed by atoms with Gasteiger partial charge in [0.2, 0.25) is 0 Å². The van der Waals surface area contributed by atoms with Crippen molar-refractivity contribution in [1.29, 1.82) is 0 Å². The van der Waals surface area contributed by atoms with Gasteiger partial charge in [-0.2, -0.15) is 0 Å². The molecule has 1 aromatic carbocycles. The van der Waals surface area contributed by atoms with E-state index in [0.717, 1.165) is 31.4 Å². The maximum absolute atomic E-state index is 10.9. The zero-order valence-corrected chi connectivity index (χ0v) is 11.2. The van der Waals surface area contributed by atoms with E-state index in [0.29, 0.717) is 12.1 Å². The molecule has 0 atom stereocenters. The van der Waals surface area contributed by atoms with E-state index < -0.39 is 0 Å². The predicted octanol–water partition coefficient (Wildman–Crippen LogP) is 2.87. The van der Waals surface area contributed by atoms with Gasteiger partial charge in [-0.05, 0) is 25.8 Å². The number of aliphatic hydroxyl groups excluding tert-OH is 1. The van der Waals surface area contributed by atoms with Crippen molar-refractivity contribution < 1.29 is 10.0 Å². The van der Waals surface area contributed by atoms with Crippen molar-refractivity contribution in [3.05, 3.63) is 33.9 Å². The van der Waals surface area contributed by atoms with E-state index in [-0.39, 0.29) is 22.6 Å². The van der Waals surface area contributed by atoms with E-state index in [1.807, 2.05) is 6.07 Å². The van der Waals surface area contributed by atoms with Crippen LogP contribution in [0.25, 0.3) is 0 Å². The van der Waals surface area contributed by atoms with Crippen molar-refractivity contribution >= 4 is 11.4 Å². The van der Waals surface area contributed by atoms with Crippen LogP contribution in [0.3, 0.4) is 0 Å². The Balaban J connectivity index is 2.11. The number of hydrogen-bond acceptors (Lipinski definition) is 4. The molecule has 104 valence electrons. The van der Waals surface area contributed by atoms with Crippen LogP contribution in [0.4, 0.5) is 11.4 Å². The summed E-state index contributed by atoms with van der Waals surface area (Å²) in [5.74, 6) is 0. The van der Waals surface area contributed by atoms with Crippen molar-refractivity contribution in [2.24, 2.45) is 5.41 Å². The number of nitrogens with zero attached hydrogens (tertiary/aromatic N) is 1. The first-order chi connectivity index (χ1) is 9.08. The summed E-state index contributed by atoms with van der Waals surface area (Å²) in [5.41, 5.74) is 1.51. The molecule has 5 heteroatoms. The summed E-state index contributed by atoms with van der Waals surface area (Å²) >= 11 is 0. The van der Waals surface area contributed by atoms with Crippen molar-refractivity contribution in [2.75, 3.05) is 18.5 Å². The highest BCUT2D eigenvalue weighted by molar-refractivity contribution is 5.59. The second-order valence-electron chi connectivity index (χ2n) is 5.43. The third kappa shape index (κ3) is 2.87. The van der Waals surface area contributed by atoms with Gasteiger partial charge in [0, 0.05) is 29.3 Å². The average molecular weight is 264 g/mol. The molecule has 0 bridgehead atoms. The molecular formula is C14H20N2O3. The van der Waals surface area contributed by atoms with E-state index in [1.165, 1.54) is 6.07 Å². The standard InChI is InChI=1S/C14H20N2O3/c1-11-12(5-4-6-13(11)16(18)19)15-9-14(10-17)7-2-3-8-14/h4-6,15,17H,2-3,7-10H2,1H3. The SMILES string of the molecule is Cc1c(NCC2(CO)CCCC2)cccc1[N+](=O)[O-]. The van der Waals surface area contributed by atoms with Gasteiger partial charge < -0.3 is 10.4 Å². The third-order valence-corrected chi connectivity index (χ3v) is 4.16. The molecule has 1 aliphatic carbocycles. The molecule has 0 unspecified atom stereocenters. The molecule has 0 amide bonds. The number of anilines is 1. The lowest BCUT2D eigenvalue weighted by atomic mass is 9.87. The van der Waals surface area contributed by atoms with Crippen molar-refractivity contribution in [1.82, 2.24) is 0 Å². The molecular weight excluding hydrogens is 244 g/mol. The lowest BCUT2D eigenvalue weighted by Crippen LogP contribution is -2.30. The minimum atomic E-state index is -0.363. The van der Waals surface area contributed by atoms with Crippen LogP contribution in [0.1, 0.15) is 31.2 Å². The largest absolute Gasteiger partial charge is 0.396 e. The van der Waals surface area contributed by atoms with Gasteiger partial charge in [0.15, 0.2) is 0 Å². The number of rotatable bonds is 5. The molecule has 2 N–H and O–H groups in total. The first-order valence-electron chi connectivity index (χ1n) is 6.67. The van der Waals surface area contributed by atoms with Crippen LogP contribution in [0.5, 0.6) is 0 Å². The van der Waals surface area contributed by atoms with Gasteiger partial charge in [0.25, 0.3) is 5.69 Å². The Kier molecular flexibility index (Phi) is 4.04. The minimum absolute atomic E-state index is 0.0585. The van der Waals surface area contributed by atoms with Gasteiger partial charge in [0.05, 0.1) is 11.5 Å². The van der Waals surface area contributed by atoms with Crippen LogP contribution in [-0.4, -0.2) is 23.2 Å². The second kappa shape index (κ2) is 5.57. The Morgan fingerprint density at radius 1 is 1.42 bits per heavy atom. The fourth-order valence-corrected chi connectivity index (χ4v) is 2.81. The molecule has 0 radical (unpaired) electrons. The molecule has 1 aromatic rings. The smallest absolute Gasteiger partial charge is 0.274 e. The normalized spacial score (nSPS) is 17.4. The number of nitrogens with one attached hydrogen (secondary N) is 1. The lowest BCUT2D eigenvalue weighted by molar-refractivity contribution is -0.385. The van der Waals surface area contributed by atoms with E-state index in [2.05, 4.69) is 5.32 Å². The van der Waals surface area contributed by atoms with Crippen LogP contribution >= 0.6 is 0 Å². The van der Waals surface area contributed by atoms with Gasteiger partial charge in [-0.1, -0.05) is 18.9 Å². The molecule has 0 aromatic heterocycles. The van der Waals surface area contributed by atoms with Gasteiger partial charge in [-0.15, -0.1) is 0 Å². The van der Waals surface area contributed by atoms with E-state index in [9.17, 15) is 15.2 Å². The molecule has 0 saturated heterocycles. The summed E-state index contributed by atoms with van der Waals surface area (Å²) < 4.78 is 0. The molecule has 0 spiro atoms. The Bertz CT molecular complexity index is 468. The second-order valence-corrected chi connectivity index (χ2v) is 5.43. The lowest BCUT2D eigenvalue weighted by Gasteiger charge is -2.27. The minimum Gasteiger partial charge on any atom is -0.396 e.